The summed E-state index contributed by atoms with van der Waals surface area (Å²) in [6.45, 7) is 1.40. The first-order chi connectivity index (χ1) is 10.1. The van der Waals surface area contributed by atoms with E-state index in [4.69, 9.17) is 14.2 Å². The van der Waals surface area contributed by atoms with Crippen molar-refractivity contribution in [1.29, 1.82) is 0 Å². The fraction of sp³-hybridized carbons (Fsp3) is 0.875. The van der Waals surface area contributed by atoms with Gasteiger partial charge >= 0.3 is 11.9 Å². The number of carbonyl (C=O) groups excluding carboxylic acids is 2. The first kappa shape index (κ1) is 16.3. The standard InChI is InChI=1S/C16H26O5/c1-19-14(17)16(15(18)20-2,13-5-3-4-6-13)11-12-7-9-21-10-8-12/h12-13H,3-11H2,1-2H3. The molecule has 0 unspecified atom stereocenters. The molecule has 21 heavy (non-hydrogen) atoms. The molecule has 5 nitrogen and oxygen atoms in total. The number of rotatable bonds is 5. The van der Waals surface area contributed by atoms with Crippen LogP contribution in [0.4, 0.5) is 0 Å². The zero-order valence-corrected chi connectivity index (χ0v) is 13.1. The fourth-order valence-electron chi connectivity index (χ4n) is 3.94. The Hall–Kier alpha value is -1.10. The average Bonchev–Trinajstić information content (AvgIpc) is 3.06. The molecule has 2 aliphatic rings. The minimum Gasteiger partial charge on any atom is -0.468 e. The largest absolute Gasteiger partial charge is 0.468 e. The molecule has 1 saturated heterocycles. The van der Waals surface area contributed by atoms with Gasteiger partial charge in [-0.05, 0) is 43.9 Å². The van der Waals surface area contributed by atoms with Crippen molar-refractivity contribution in [3.05, 3.63) is 0 Å². The Bertz CT molecular complexity index is 351. The summed E-state index contributed by atoms with van der Waals surface area (Å²) in [6.07, 6.45) is 6.23. The Kier molecular flexibility index (Phi) is 5.62. The maximum Gasteiger partial charge on any atom is 0.323 e. The van der Waals surface area contributed by atoms with Crippen LogP contribution >= 0.6 is 0 Å². The molecule has 0 aromatic carbocycles. The highest BCUT2D eigenvalue weighted by Crippen LogP contribution is 2.47. The van der Waals surface area contributed by atoms with Crippen molar-refractivity contribution < 1.29 is 23.8 Å². The average molecular weight is 298 g/mol. The van der Waals surface area contributed by atoms with Gasteiger partial charge in [0.25, 0.3) is 0 Å². The van der Waals surface area contributed by atoms with E-state index in [9.17, 15) is 9.59 Å². The molecule has 2 fully saturated rings. The van der Waals surface area contributed by atoms with Gasteiger partial charge in [-0.15, -0.1) is 0 Å². The lowest BCUT2D eigenvalue weighted by Gasteiger charge is -2.37. The van der Waals surface area contributed by atoms with Gasteiger partial charge in [-0.25, -0.2) is 0 Å². The number of ether oxygens (including phenoxy) is 3. The van der Waals surface area contributed by atoms with Crippen LogP contribution in [0.25, 0.3) is 0 Å². The zero-order chi connectivity index (χ0) is 15.3. The van der Waals surface area contributed by atoms with E-state index in [-0.39, 0.29) is 5.92 Å². The molecule has 1 heterocycles. The lowest BCUT2D eigenvalue weighted by Crippen LogP contribution is -2.48. The molecular formula is C16H26O5. The van der Waals surface area contributed by atoms with Crippen LogP contribution in [-0.4, -0.2) is 39.4 Å². The molecule has 1 aliphatic heterocycles. The lowest BCUT2D eigenvalue weighted by molar-refractivity contribution is -0.176. The van der Waals surface area contributed by atoms with E-state index in [1.165, 1.54) is 14.2 Å². The number of methoxy groups -OCH3 is 2. The Morgan fingerprint density at radius 3 is 2.00 bits per heavy atom. The van der Waals surface area contributed by atoms with Crippen molar-refractivity contribution in [1.82, 2.24) is 0 Å². The maximum atomic E-state index is 12.5. The van der Waals surface area contributed by atoms with Crippen LogP contribution < -0.4 is 0 Å². The molecule has 0 aromatic rings. The Balaban J connectivity index is 2.28. The summed E-state index contributed by atoms with van der Waals surface area (Å²) in [4.78, 5) is 25.1. The first-order valence-corrected chi connectivity index (χ1v) is 7.89. The summed E-state index contributed by atoms with van der Waals surface area (Å²) in [5.74, 6) is -0.488. The number of esters is 2. The van der Waals surface area contributed by atoms with Crippen molar-refractivity contribution in [2.24, 2.45) is 17.3 Å². The van der Waals surface area contributed by atoms with Crippen molar-refractivity contribution in [2.75, 3.05) is 27.4 Å². The zero-order valence-electron chi connectivity index (χ0n) is 13.1. The van der Waals surface area contributed by atoms with Crippen molar-refractivity contribution in [3.63, 3.8) is 0 Å². The summed E-state index contributed by atoms with van der Waals surface area (Å²) in [7, 11) is 2.72. The van der Waals surface area contributed by atoms with E-state index >= 15 is 0 Å². The van der Waals surface area contributed by atoms with Gasteiger partial charge in [0, 0.05) is 13.2 Å². The van der Waals surface area contributed by atoms with Gasteiger partial charge in [-0.3, -0.25) is 9.59 Å². The molecule has 0 amide bonds. The number of hydrogen-bond acceptors (Lipinski definition) is 5. The van der Waals surface area contributed by atoms with E-state index in [0.717, 1.165) is 38.5 Å². The molecule has 5 heteroatoms. The third-order valence-corrected chi connectivity index (χ3v) is 5.10. The molecule has 0 aromatic heterocycles. The minimum atomic E-state index is -1.12. The highest BCUT2D eigenvalue weighted by molar-refractivity contribution is 6.00. The van der Waals surface area contributed by atoms with Crippen LogP contribution in [0.2, 0.25) is 0 Å². The van der Waals surface area contributed by atoms with Crippen LogP contribution in [0.5, 0.6) is 0 Å². The van der Waals surface area contributed by atoms with E-state index in [1.54, 1.807) is 0 Å². The van der Waals surface area contributed by atoms with Crippen LogP contribution in [0.1, 0.15) is 44.9 Å². The lowest BCUT2D eigenvalue weighted by atomic mass is 9.67. The van der Waals surface area contributed by atoms with Crippen LogP contribution in [-0.2, 0) is 23.8 Å². The van der Waals surface area contributed by atoms with Gasteiger partial charge in [0.1, 0.15) is 0 Å². The molecule has 0 bridgehead atoms. The van der Waals surface area contributed by atoms with Gasteiger partial charge in [0.15, 0.2) is 5.41 Å². The Morgan fingerprint density at radius 1 is 1.00 bits per heavy atom. The maximum absolute atomic E-state index is 12.5. The normalized spacial score (nSPS) is 21.2. The van der Waals surface area contributed by atoms with Crippen molar-refractivity contribution >= 4 is 11.9 Å². The second-order valence-corrected chi connectivity index (χ2v) is 6.20. The smallest absolute Gasteiger partial charge is 0.323 e. The summed E-state index contributed by atoms with van der Waals surface area (Å²) >= 11 is 0. The quantitative estimate of drug-likeness (QED) is 0.576. The monoisotopic (exact) mass is 298 g/mol. The molecule has 0 atom stereocenters. The third-order valence-electron chi connectivity index (χ3n) is 5.10. The van der Waals surface area contributed by atoms with E-state index in [0.29, 0.717) is 25.6 Å². The second kappa shape index (κ2) is 7.25. The predicted molar refractivity (Wildman–Crippen MR) is 76.6 cm³/mol. The highest BCUT2D eigenvalue weighted by Gasteiger charge is 2.55. The molecule has 0 radical (unpaired) electrons. The van der Waals surface area contributed by atoms with Crippen LogP contribution in [0, 0.1) is 17.3 Å². The van der Waals surface area contributed by atoms with E-state index in [2.05, 4.69) is 0 Å². The molecule has 0 N–H and O–H groups in total. The van der Waals surface area contributed by atoms with Gasteiger partial charge in [0.2, 0.25) is 0 Å². The Morgan fingerprint density at radius 2 is 1.52 bits per heavy atom. The molecule has 120 valence electrons. The third kappa shape index (κ3) is 3.23. The van der Waals surface area contributed by atoms with Gasteiger partial charge in [-0.2, -0.15) is 0 Å². The topological polar surface area (TPSA) is 61.8 Å². The van der Waals surface area contributed by atoms with Crippen LogP contribution in [0.3, 0.4) is 0 Å². The first-order valence-electron chi connectivity index (χ1n) is 7.89. The van der Waals surface area contributed by atoms with Gasteiger partial charge in [-0.1, -0.05) is 12.8 Å². The number of hydrogen-bond donors (Lipinski definition) is 0. The van der Waals surface area contributed by atoms with Gasteiger partial charge < -0.3 is 14.2 Å². The molecule has 2 rings (SSSR count). The predicted octanol–water partition coefficient (Wildman–Crippen LogP) is 2.33. The minimum absolute atomic E-state index is 0.0419. The molecule has 1 aliphatic carbocycles. The van der Waals surface area contributed by atoms with Crippen molar-refractivity contribution in [3.8, 4) is 0 Å². The summed E-state index contributed by atoms with van der Waals surface area (Å²) < 4.78 is 15.4. The van der Waals surface area contributed by atoms with Gasteiger partial charge in [0.05, 0.1) is 14.2 Å². The number of carbonyl (C=O) groups is 2. The summed E-state index contributed by atoms with van der Waals surface area (Å²) in [5, 5.41) is 0. The van der Waals surface area contributed by atoms with E-state index in [1.807, 2.05) is 0 Å². The molecular weight excluding hydrogens is 272 g/mol. The fourth-order valence-corrected chi connectivity index (χ4v) is 3.94. The second-order valence-electron chi connectivity index (χ2n) is 6.20. The SMILES string of the molecule is COC(=O)C(CC1CCOCC1)(C(=O)OC)C1CCCC1. The Labute approximate surface area is 126 Å². The molecule has 1 saturated carbocycles. The summed E-state index contributed by atoms with van der Waals surface area (Å²) in [5.41, 5.74) is -1.12. The van der Waals surface area contributed by atoms with Crippen molar-refractivity contribution in [2.45, 2.75) is 44.9 Å². The van der Waals surface area contributed by atoms with E-state index < -0.39 is 17.4 Å². The molecule has 0 spiro atoms. The van der Waals surface area contributed by atoms with Crippen LogP contribution in [0.15, 0.2) is 0 Å². The highest BCUT2D eigenvalue weighted by atomic mass is 16.5. The summed E-state index contributed by atoms with van der Waals surface area (Å²) in [6, 6.07) is 0.